The zero-order valence-electron chi connectivity index (χ0n) is 11.6. The van der Waals surface area contributed by atoms with Crippen LogP contribution >= 0.6 is 22.9 Å². The first-order chi connectivity index (χ1) is 10.6. The average Bonchev–Trinajstić information content (AvgIpc) is 3.00. The number of rotatable bonds is 4. The monoisotopic (exact) mass is 338 g/mol. The third kappa shape index (κ3) is 2.67. The number of methoxy groups -OCH3 is 1. The highest BCUT2D eigenvalue weighted by Gasteiger charge is 2.12. The first-order valence-corrected chi connectivity index (χ1v) is 7.62. The fourth-order valence-corrected chi connectivity index (χ4v) is 3.09. The van der Waals surface area contributed by atoms with Gasteiger partial charge in [0.15, 0.2) is 11.5 Å². The summed E-state index contributed by atoms with van der Waals surface area (Å²) in [7, 11) is 1.44. The predicted molar refractivity (Wildman–Crippen MR) is 86.3 cm³/mol. The molecule has 0 radical (unpaired) electrons. The van der Waals surface area contributed by atoms with Crippen molar-refractivity contribution in [1.29, 1.82) is 0 Å². The van der Waals surface area contributed by atoms with Crippen molar-refractivity contribution in [3.63, 3.8) is 0 Å². The van der Waals surface area contributed by atoms with E-state index < -0.39 is 5.82 Å². The Bertz CT molecular complexity index is 838. The number of benzene rings is 2. The van der Waals surface area contributed by atoms with Crippen LogP contribution in [-0.4, -0.2) is 12.1 Å². The molecule has 0 atom stereocenters. The van der Waals surface area contributed by atoms with E-state index in [0.29, 0.717) is 10.8 Å². The van der Waals surface area contributed by atoms with Gasteiger partial charge in [-0.1, -0.05) is 17.7 Å². The van der Waals surface area contributed by atoms with Crippen molar-refractivity contribution >= 4 is 38.8 Å². The molecule has 0 bridgehead atoms. The number of hydrogen-bond acceptors (Lipinski definition) is 5. The predicted octanol–water partition coefficient (Wildman–Crippen LogP) is 4.26. The van der Waals surface area contributed by atoms with Crippen LogP contribution in [0.25, 0.3) is 10.2 Å². The van der Waals surface area contributed by atoms with E-state index in [0.717, 1.165) is 15.8 Å². The zero-order valence-corrected chi connectivity index (χ0v) is 13.2. The van der Waals surface area contributed by atoms with Crippen molar-refractivity contribution < 1.29 is 13.9 Å². The van der Waals surface area contributed by atoms with E-state index >= 15 is 0 Å². The molecule has 3 rings (SSSR count). The second-order valence-electron chi connectivity index (χ2n) is 4.55. The highest BCUT2D eigenvalue weighted by atomic mass is 35.5. The minimum absolute atomic E-state index is 0.00529. The number of halogens is 2. The van der Waals surface area contributed by atoms with Gasteiger partial charge in [-0.3, -0.25) is 0 Å². The third-order valence-corrected chi connectivity index (χ3v) is 4.47. The largest absolute Gasteiger partial charge is 0.493 e. The fraction of sp³-hybridized carbons (Fsp3) is 0.133. The first kappa shape index (κ1) is 14.9. The van der Waals surface area contributed by atoms with Crippen molar-refractivity contribution in [3.05, 3.63) is 46.2 Å². The molecular weight excluding hydrogens is 327 g/mol. The molecule has 1 heterocycles. The van der Waals surface area contributed by atoms with E-state index in [2.05, 4.69) is 4.98 Å². The second-order valence-corrected chi connectivity index (χ2v) is 5.81. The van der Waals surface area contributed by atoms with Crippen molar-refractivity contribution in [2.75, 3.05) is 12.8 Å². The van der Waals surface area contributed by atoms with Crippen molar-refractivity contribution in [3.8, 4) is 11.5 Å². The normalized spacial score (nSPS) is 10.9. The number of nitrogens with zero attached hydrogens (tertiary/aromatic N) is 1. The summed E-state index contributed by atoms with van der Waals surface area (Å²) in [6, 6.07) is 6.26. The van der Waals surface area contributed by atoms with Gasteiger partial charge in [0.05, 0.1) is 33.5 Å². The number of anilines is 1. The molecule has 0 fully saturated rings. The summed E-state index contributed by atoms with van der Waals surface area (Å²) < 4.78 is 25.2. The minimum atomic E-state index is -0.544. The lowest BCUT2D eigenvalue weighted by Crippen LogP contribution is -2.01. The van der Waals surface area contributed by atoms with Crippen LogP contribution in [0.4, 0.5) is 10.1 Å². The molecule has 0 saturated heterocycles. The Balaban J connectivity index is 1.90. The SMILES string of the molecule is COc1cc(F)c(N)cc1OCc1ccc(Cl)c2scnc12. The van der Waals surface area contributed by atoms with Gasteiger partial charge in [-0.25, -0.2) is 9.37 Å². The summed E-state index contributed by atoms with van der Waals surface area (Å²) in [5.41, 5.74) is 8.98. The molecule has 0 aliphatic rings. The van der Waals surface area contributed by atoms with E-state index in [4.69, 9.17) is 26.8 Å². The van der Waals surface area contributed by atoms with Gasteiger partial charge in [0.25, 0.3) is 0 Å². The highest BCUT2D eigenvalue weighted by molar-refractivity contribution is 7.17. The second kappa shape index (κ2) is 5.98. The van der Waals surface area contributed by atoms with E-state index in [9.17, 15) is 4.39 Å². The molecular formula is C15H12ClFN2O2S. The zero-order chi connectivity index (χ0) is 15.7. The van der Waals surface area contributed by atoms with Gasteiger partial charge in [-0.15, -0.1) is 11.3 Å². The lowest BCUT2D eigenvalue weighted by atomic mass is 10.2. The van der Waals surface area contributed by atoms with Crippen LogP contribution in [0.5, 0.6) is 11.5 Å². The van der Waals surface area contributed by atoms with Crippen LogP contribution in [0.2, 0.25) is 5.02 Å². The van der Waals surface area contributed by atoms with Crippen LogP contribution < -0.4 is 15.2 Å². The average molecular weight is 339 g/mol. The molecule has 0 aliphatic carbocycles. The quantitative estimate of drug-likeness (QED) is 0.722. The number of hydrogen-bond donors (Lipinski definition) is 1. The molecule has 0 saturated carbocycles. The summed E-state index contributed by atoms with van der Waals surface area (Å²) in [6.07, 6.45) is 0. The summed E-state index contributed by atoms with van der Waals surface area (Å²) in [6.45, 7) is 0.249. The smallest absolute Gasteiger partial charge is 0.163 e. The Morgan fingerprint density at radius 3 is 2.91 bits per heavy atom. The van der Waals surface area contributed by atoms with Crippen LogP contribution in [-0.2, 0) is 6.61 Å². The molecule has 3 aromatic rings. The molecule has 1 aromatic heterocycles. The Labute approximate surface area is 135 Å². The third-order valence-electron chi connectivity index (χ3n) is 3.19. The molecule has 0 amide bonds. The van der Waals surface area contributed by atoms with Gasteiger partial charge >= 0.3 is 0 Å². The number of thiazole rings is 1. The van der Waals surface area contributed by atoms with Gasteiger partial charge in [0.2, 0.25) is 0 Å². The van der Waals surface area contributed by atoms with E-state index in [1.807, 2.05) is 6.07 Å². The molecule has 0 aliphatic heterocycles. The molecule has 2 N–H and O–H groups in total. The molecule has 0 spiro atoms. The van der Waals surface area contributed by atoms with E-state index in [1.165, 1.54) is 30.6 Å². The van der Waals surface area contributed by atoms with Crippen LogP contribution in [0, 0.1) is 5.82 Å². The number of nitrogen functional groups attached to an aromatic ring is 1. The topological polar surface area (TPSA) is 57.4 Å². The summed E-state index contributed by atoms with van der Waals surface area (Å²) in [5, 5.41) is 0.657. The van der Waals surface area contributed by atoms with E-state index in [-0.39, 0.29) is 18.0 Å². The lowest BCUT2D eigenvalue weighted by Gasteiger charge is -2.12. The van der Waals surface area contributed by atoms with Gasteiger partial charge in [0, 0.05) is 17.7 Å². The van der Waals surface area contributed by atoms with Gasteiger partial charge < -0.3 is 15.2 Å². The Morgan fingerprint density at radius 1 is 1.32 bits per heavy atom. The number of ether oxygens (including phenoxy) is 2. The van der Waals surface area contributed by atoms with Gasteiger partial charge in [0.1, 0.15) is 12.4 Å². The van der Waals surface area contributed by atoms with Crippen LogP contribution in [0.1, 0.15) is 5.56 Å². The maximum atomic E-state index is 13.4. The summed E-state index contributed by atoms with van der Waals surface area (Å²) in [5.74, 6) is 0.118. The molecule has 2 aromatic carbocycles. The number of fused-ring (bicyclic) bond motifs is 1. The Kier molecular flexibility index (Phi) is 4.04. The number of nitrogens with two attached hydrogens (primary N) is 1. The number of aromatic nitrogens is 1. The molecule has 0 unspecified atom stereocenters. The molecule has 114 valence electrons. The van der Waals surface area contributed by atoms with Crippen molar-refractivity contribution in [2.24, 2.45) is 0 Å². The lowest BCUT2D eigenvalue weighted by molar-refractivity contribution is 0.284. The Morgan fingerprint density at radius 2 is 2.14 bits per heavy atom. The van der Waals surface area contributed by atoms with E-state index in [1.54, 1.807) is 11.6 Å². The Hall–Kier alpha value is -2.05. The van der Waals surface area contributed by atoms with Crippen LogP contribution in [0.3, 0.4) is 0 Å². The van der Waals surface area contributed by atoms with Crippen molar-refractivity contribution in [2.45, 2.75) is 6.61 Å². The van der Waals surface area contributed by atoms with Gasteiger partial charge in [-0.2, -0.15) is 0 Å². The molecule has 7 heteroatoms. The fourth-order valence-electron chi connectivity index (χ4n) is 2.07. The highest BCUT2D eigenvalue weighted by Crippen LogP contribution is 2.33. The van der Waals surface area contributed by atoms with Crippen molar-refractivity contribution in [1.82, 2.24) is 4.98 Å². The minimum Gasteiger partial charge on any atom is -0.493 e. The molecule has 22 heavy (non-hydrogen) atoms. The molecule has 4 nitrogen and oxygen atoms in total. The first-order valence-electron chi connectivity index (χ1n) is 6.36. The standard InChI is InChI=1S/C15H12ClFN2O2S/c1-20-12-4-10(17)11(18)5-13(12)21-6-8-2-3-9(16)15-14(8)19-7-22-15/h2-5,7H,6,18H2,1H3. The maximum absolute atomic E-state index is 13.4. The maximum Gasteiger partial charge on any atom is 0.163 e. The summed E-state index contributed by atoms with van der Waals surface area (Å²) >= 11 is 7.59. The van der Waals surface area contributed by atoms with Gasteiger partial charge in [-0.05, 0) is 6.07 Å². The van der Waals surface area contributed by atoms with Crippen LogP contribution in [0.15, 0.2) is 29.8 Å². The summed E-state index contributed by atoms with van der Waals surface area (Å²) in [4.78, 5) is 4.30.